The first-order valence-electron chi connectivity index (χ1n) is 6.60. The third-order valence-corrected chi connectivity index (χ3v) is 3.16. The topological polar surface area (TPSA) is 122 Å². The Balaban J connectivity index is 2.62. The van der Waals surface area contributed by atoms with E-state index in [1.807, 2.05) is 20.8 Å². The normalized spacial score (nSPS) is 13.0. The molecule has 21 heavy (non-hydrogen) atoms. The number of hydrogen-bond acceptors (Lipinski definition) is 4. The fourth-order valence-electron chi connectivity index (χ4n) is 1.59. The SMILES string of the molecule is CC(C)(C)C(O)CN(CCn1ccc(C(N)=O)n1)C(=O)O. The van der Waals surface area contributed by atoms with E-state index in [0.717, 1.165) is 4.90 Å². The average molecular weight is 298 g/mol. The van der Waals surface area contributed by atoms with Gasteiger partial charge in [0.1, 0.15) is 5.69 Å². The Morgan fingerprint density at radius 2 is 2.10 bits per heavy atom. The molecule has 8 nitrogen and oxygen atoms in total. The number of carbonyl (C=O) groups is 2. The summed E-state index contributed by atoms with van der Waals surface area (Å²) in [5, 5.41) is 23.1. The van der Waals surface area contributed by atoms with Crippen LogP contribution in [0.2, 0.25) is 0 Å². The molecule has 0 saturated heterocycles. The molecular formula is C13H22N4O4. The first-order valence-corrected chi connectivity index (χ1v) is 6.60. The zero-order valence-corrected chi connectivity index (χ0v) is 12.5. The van der Waals surface area contributed by atoms with Crippen molar-refractivity contribution >= 4 is 12.0 Å². The molecule has 0 aliphatic carbocycles. The number of amides is 2. The molecule has 0 fully saturated rings. The molecule has 1 rings (SSSR count). The van der Waals surface area contributed by atoms with Crippen LogP contribution in [0.5, 0.6) is 0 Å². The van der Waals surface area contributed by atoms with Crippen LogP contribution in [0.4, 0.5) is 4.79 Å². The van der Waals surface area contributed by atoms with Crippen LogP contribution in [0.3, 0.4) is 0 Å². The van der Waals surface area contributed by atoms with Crippen molar-refractivity contribution in [1.82, 2.24) is 14.7 Å². The van der Waals surface area contributed by atoms with Gasteiger partial charge in [-0.15, -0.1) is 0 Å². The molecule has 0 bridgehead atoms. The minimum Gasteiger partial charge on any atom is -0.465 e. The van der Waals surface area contributed by atoms with Gasteiger partial charge in [0.2, 0.25) is 0 Å². The number of primary amides is 1. The lowest BCUT2D eigenvalue weighted by atomic mass is 9.89. The first kappa shape index (κ1) is 17.0. The molecule has 1 atom stereocenters. The van der Waals surface area contributed by atoms with Gasteiger partial charge in [0.05, 0.1) is 19.2 Å². The van der Waals surface area contributed by atoms with Crippen molar-refractivity contribution in [2.75, 3.05) is 13.1 Å². The Kier molecular flexibility index (Phi) is 5.31. The molecule has 1 unspecified atom stereocenters. The zero-order chi connectivity index (χ0) is 16.2. The molecular weight excluding hydrogens is 276 g/mol. The Morgan fingerprint density at radius 1 is 1.48 bits per heavy atom. The van der Waals surface area contributed by atoms with Gasteiger partial charge in [-0.2, -0.15) is 5.10 Å². The van der Waals surface area contributed by atoms with E-state index in [1.54, 1.807) is 6.20 Å². The highest BCUT2D eigenvalue weighted by Gasteiger charge is 2.26. The maximum Gasteiger partial charge on any atom is 0.407 e. The zero-order valence-electron chi connectivity index (χ0n) is 12.5. The Labute approximate surface area is 123 Å². The van der Waals surface area contributed by atoms with Gasteiger partial charge in [0, 0.05) is 12.7 Å². The lowest BCUT2D eigenvalue weighted by molar-refractivity contribution is 0.0288. The summed E-state index contributed by atoms with van der Waals surface area (Å²) < 4.78 is 1.44. The number of rotatable bonds is 6. The lowest BCUT2D eigenvalue weighted by Gasteiger charge is -2.30. The van der Waals surface area contributed by atoms with Gasteiger partial charge in [0.25, 0.3) is 5.91 Å². The van der Waals surface area contributed by atoms with Crippen LogP contribution in [0, 0.1) is 5.41 Å². The van der Waals surface area contributed by atoms with Gasteiger partial charge >= 0.3 is 6.09 Å². The van der Waals surface area contributed by atoms with Crippen molar-refractivity contribution in [3.8, 4) is 0 Å². The second kappa shape index (κ2) is 6.57. The van der Waals surface area contributed by atoms with Crippen molar-refractivity contribution in [1.29, 1.82) is 0 Å². The molecule has 1 aromatic heterocycles. The van der Waals surface area contributed by atoms with E-state index >= 15 is 0 Å². The minimum atomic E-state index is -1.11. The largest absolute Gasteiger partial charge is 0.465 e. The van der Waals surface area contributed by atoms with E-state index < -0.39 is 23.5 Å². The van der Waals surface area contributed by atoms with Gasteiger partial charge in [-0.05, 0) is 11.5 Å². The van der Waals surface area contributed by atoms with Gasteiger partial charge in [-0.25, -0.2) is 4.79 Å². The predicted octanol–water partition coefficient (Wildman–Crippen LogP) is 0.369. The summed E-state index contributed by atoms with van der Waals surface area (Å²) >= 11 is 0. The summed E-state index contributed by atoms with van der Waals surface area (Å²) in [6, 6.07) is 1.47. The highest BCUT2D eigenvalue weighted by Crippen LogP contribution is 2.19. The molecule has 0 aromatic carbocycles. The van der Waals surface area contributed by atoms with Crippen LogP contribution in [0.1, 0.15) is 31.3 Å². The van der Waals surface area contributed by atoms with Gasteiger partial charge in [0.15, 0.2) is 0 Å². The molecule has 4 N–H and O–H groups in total. The van der Waals surface area contributed by atoms with Crippen molar-refractivity contribution in [2.24, 2.45) is 11.1 Å². The molecule has 2 amide bonds. The molecule has 1 heterocycles. The van der Waals surface area contributed by atoms with Crippen molar-refractivity contribution < 1.29 is 19.8 Å². The summed E-state index contributed by atoms with van der Waals surface area (Å²) in [5.74, 6) is -0.632. The van der Waals surface area contributed by atoms with Crippen LogP contribution < -0.4 is 5.73 Å². The van der Waals surface area contributed by atoms with Crippen LogP contribution in [0.15, 0.2) is 12.3 Å². The molecule has 118 valence electrons. The second-order valence-electron chi connectivity index (χ2n) is 5.94. The molecule has 0 radical (unpaired) electrons. The number of aromatic nitrogens is 2. The maximum absolute atomic E-state index is 11.2. The second-order valence-corrected chi connectivity index (χ2v) is 5.94. The predicted molar refractivity (Wildman–Crippen MR) is 75.8 cm³/mol. The number of hydrogen-bond donors (Lipinski definition) is 3. The third kappa shape index (κ3) is 5.07. The summed E-state index contributed by atoms with van der Waals surface area (Å²) in [5.41, 5.74) is 4.82. The molecule has 0 aliphatic rings. The van der Waals surface area contributed by atoms with Gasteiger partial charge in [-0.3, -0.25) is 9.48 Å². The molecule has 0 spiro atoms. The van der Waals surface area contributed by atoms with Crippen LogP contribution in [-0.4, -0.2) is 56.1 Å². The maximum atomic E-state index is 11.2. The van der Waals surface area contributed by atoms with E-state index in [2.05, 4.69) is 5.10 Å². The van der Waals surface area contributed by atoms with E-state index in [0.29, 0.717) is 0 Å². The molecule has 0 saturated carbocycles. The monoisotopic (exact) mass is 298 g/mol. The summed E-state index contributed by atoms with van der Waals surface area (Å²) in [7, 11) is 0. The van der Waals surface area contributed by atoms with Gasteiger partial charge < -0.3 is 20.8 Å². The summed E-state index contributed by atoms with van der Waals surface area (Å²) in [6.07, 6.45) is -0.326. The molecule has 1 aromatic rings. The van der Waals surface area contributed by atoms with E-state index in [4.69, 9.17) is 5.73 Å². The first-order chi connectivity index (χ1) is 9.61. The van der Waals surface area contributed by atoms with Crippen molar-refractivity contribution in [2.45, 2.75) is 33.4 Å². The lowest BCUT2D eigenvalue weighted by Crippen LogP contribution is -2.43. The van der Waals surface area contributed by atoms with E-state index in [9.17, 15) is 19.8 Å². The van der Waals surface area contributed by atoms with Crippen molar-refractivity contribution in [3.63, 3.8) is 0 Å². The number of carboxylic acid groups (broad SMARTS) is 1. The third-order valence-electron chi connectivity index (χ3n) is 3.16. The average Bonchev–Trinajstić information content (AvgIpc) is 2.81. The fourth-order valence-corrected chi connectivity index (χ4v) is 1.59. The Hall–Kier alpha value is -2.09. The standard InChI is InChI=1S/C13H22N4O4/c1-13(2,3)10(18)8-16(12(20)21)6-7-17-5-4-9(15-17)11(14)19/h4-5,10,18H,6-8H2,1-3H3,(H2,14,19)(H,20,21). The number of aliphatic hydroxyl groups is 1. The fraction of sp³-hybridized carbons (Fsp3) is 0.615. The minimum absolute atomic E-state index is 0.0166. The van der Waals surface area contributed by atoms with Gasteiger partial charge in [-0.1, -0.05) is 20.8 Å². The Morgan fingerprint density at radius 3 is 2.52 bits per heavy atom. The van der Waals surface area contributed by atoms with E-state index in [-0.39, 0.29) is 25.3 Å². The van der Waals surface area contributed by atoms with Crippen LogP contribution in [-0.2, 0) is 6.54 Å². The number of nitrogens with zero attached hydrogens (tertiary/aromatic N) is 3. The van der Waals surface area contributed by atoms with Crippen LogP contribution in [0.25, 0.3) is 0 Å². The Bertz CT molecular complexity index is 507. The van der Waals surface area contributed by atoms with Crippen LogP contribution >= 0.6 is 0 Å². The highest BCUT2D eigenvalue weighted by atomic mass is 16.4. The number of nitrogens with two attached hydrogens (primary N) is 1. The van der Waals surface area contributed by atoms with E-state index in [1.165, 1.54) is 10.7 Å². The smallest absolute Gasteiger partial charge is 0.407 e. The summed E-state index contributed by atoms with van der Waals surface area (Å²) in [6.45, 7) is 5.96. The highest BCUT2D eigenvalue weighted by molar-refractivity contribution is 5.90. The quantitative estimate of drug-likeness (QED) is 0.700. The molecule has 8 heteroatoms. The summed E-state index contributed by atoms with van der Waals surface area (Å²) in [4.78, 5) is 23.3. The number of carbonyl (C=O) groups excluding carboxylic acids is 1. The van der Waals surface area contributed by atoms with Crippen molar-refractivity contribution in [3.05, 3.63) is 18.0 Å². The molecule has 0 aliphatic heterocycles. The number of aliphatic hydroxyl groups excluding tert-OH is 1.